The Labute approximate surface area is 88.0 Å². The summed E-state index contributed by atoms with van der Waals surface area (Å²) in [5.41, 5.74) is 0. The Hall–Kier alpha value is -0.120. The average molecular weight is 200 g/mol. The second kappa shape index (κ2) is 7.21. The summed E-state index contributed by atoms with van der Waals surface area (Å²) in [4.78, 5) is 5.04. The van der Waals surface area contributed by atoms with Gasteiger partial charge in [-0.15, -0.1) is 0 Å². The van der Waals surface area contributed by atoms with Gasteiger partial charge in [0.05, 0.1) is 19.9 Å². The van der Waals surface area contributed by atoms with E-state index in [1.165, 1.54) is 25.9 Å². The highest BCUT2D eigenvalue weighted by Gasteiger charge is 2.13. The Bertz CT molecular complexity index is 129. The van der Waals surface area contributed by atoms with E-state index in [4.69, 9.17) is 4.74 Å². The second-order valence-electron chi connectivity index (χ2n) is 3.99. The molecule has 0 atom stereocenters. The first-order valence-corrected chi connectivity index (χ1v) is 5.89. The van der Waals surface area contributed by atoms with Crippen molar-refractivity contribution in [1.29, 1.82) is 0 Å². The molecular formula is C11H24N2O. The maximum atomic E-state index is 5.34. The summed E-state index contributed by atoms with van der Waals surface area (Å²) in [5, 5.41) is 0. The summed E-state index contributed by atoms with van der Waals surface area (Å²) in [6.45, 7) is 12.1. The lowest BCUT2D eigenvalue weighted by Gasteiger charge is -2.32. The molecular weight excluding hydrogens is 176 g/mol. The highest BCUT2D eigenvalue weighted by Crippen LogP contribution is 2.01. The minimum Gasteiger partial charge on any atom is -0.379 e. The van der Waals surface area contributed by atoms with E-state index in [-0.39, 0.29) is 0 Å². The molecule has 0 saturated carbocycles. The van der Waals surface area contributed by atoms with Crippen LogP contribution < -0.4 is 0 Å². The fraction of sp³-hybridized carbons (Fsp3) is 1.00. The van der Waals surface area contributed by atoms with Crippen LogP contribution in [-0.4, -0.2) is 55.9 Å². The van der Waals surface area contributed by atoms with Crippen molar-refractivity contribution in [2.45, 2.75) is 26.7 Å². The molecule has 0 N–H and O–H groups in total. The van der Waals surface area contributed by atoms with Crippen LogP contribution in [0.1, 0.15) is 26.7 Å². The standard InChI is InChI=1S/C11H24N2O/c1-3-5-12(6-4-2)11-13-7-9-14-10-8-13/h3-11H2,1-2H3. The third-order valence-corrected chi connectivity index (χ3v) is 2.58. The summed E-state index contributed by atoms with van der Waals surface area (Å²) in [6, 6.07) is 0. The van der Waals surface area contributed by atoms with Crippen LogP contribution in [0.5, 0.6) is 0 Å². The molecule has 1 fully saturated rings. The first-order valence-electron chi connectivity index (χ1n) is 5.89. The van der Waals surface area contributed by atoms with Crippen LogP contribution in [0.25, 0.3) is 0 Å². The Balaban J connectivity index is 2.21. The fourth-order valence-corrected chi connectivity index (χ4v) is 1.91. The third kappa shape index (κ3) is 4.40. The second-order valence-corrected chi connectivity index (χ2v) is 3.99. The monoisotopic (exact) mass is 200 g/mol. The molecule has 84 valence electrons. The van der Waals surface area contributed by atoms with Crippen molar-refractivity contribution >= 4 is 0 Å². The number of nitrogens with zero attached hydrogens (tertiary/aromatic N) is 2. The largest absolute Gasteiger partial charge is 0.379 e. The lowest BCUT2D eigenvalue weighted by molar-refractivity contribution is 0.00983. The van der Waals surface area contributed by atoms with Gasteiger partial charge in [-0.2, -0.15) is 0 Å². The fourth-order valence-electron chi connectivity index (χ4n) is 1.91. The van der Waals surface area contributed by atoms with E-state index < -0.39 is 0 Å². The summed E-state index contributed by atoms with van der Waals surface area (Å²) >= 11 is 0. The van der Waals surface area contributed by atoms with E-state index in [0.29, 0.717) is 0 Å². The van der Waals surface area contributed by atoms with E-state index in [2.05, 4.69) is 23.6 Å². The SMILES string of the molecule is CCCN(CCC)CN1CCOCC1. The third-order valence-electron chi connectivity index (χ3n) is 2.58. The predicted molar refractivity (Wildman–Crippen MR) is 59.4 cm³/mol. The summed E-state index contributed by atoms with van der Waals surface area (Å²) < 4.78 is 5.34. The van der Waals surface area contributed by atoms with Gasteiger partial charge in [0, 0.05) is 13.1 Å². The number of ether oxygens (including phenoxy) is 1. The van der Waals surface area contributed by atoms with Gasteiger partial charge in [0.2, 0.25) is 0 Å². The van der Waals surface area contributed by atoms with Crippen molar-refractivity contribution < 1.29 is 4.74 Å². The van der Waals surface area contributed by atoms with Crippen LogP contribution >= 0.6 is 0 Å². The molecule has 1 saturated heterocycles. The van der Waals surface area contributed by atoms with Gasteiger partial charge in [-0.25, -0.2) is 0 Å². The van der Waals surface area contributed by atoms with Crippen molar-refractivity contribution in [3.8, 4) is 0 Å². The van der Waals surface area contributed by atoms with Crippen molar-refractivity contribution in [2.24, 2.45) is 0 Å². The maximum absolute atomic E-state index is 5.34. The molecule has 1 heterocycles. The van der Waals surface area contributed by atoms with E-state index in [1.807, 2.05) is 0 Å². The molecule has 14 heavy (non-hydrogen) atoms. The average Bonchev–Trinajstić information content (AvgIpc) is 2.20. The van der Waals surface area contributed by atoms with E-state index in [1.54, 1.807) is 0 Å². The summed E-state index contributed by atoms with van der Waals surface area (Å²) in [6.07, 6.45) is 2.51. The first-order chi connectivity index (χ1) is 6.86. The molecule has 0 aromatic rings. The lowest BCUT2D eigenvalue weighted by Crippen LogP contribution is -2.44. The van der Waals surface area contributed by atoms with E-state index in [9.17, 15) is 0 Å². The van der Waals surface area contributed by atoms with Crippen molar-refractivity contribution in [3.63, 3.8) is 0 Å². The van der Waals surface area contributed by atoms with Crippen LogP contribution in [0.15, 0.2) is 0 Å². The zero-order valence-electron chi connectivity index (χ0n) is 9.67. The molecule has 0 unspecified atom stereocenters. The summed E-state index contributed by atoms with van der Waals surface area (Å²) in [5.74, 6) is 0. The van der Waals surface area contributed by atoms with Crippen LogP contribution in [0.2, 0.25) is 0 Å². The smallest absolute Gasteiger partial charge is 0.0594 e. The molecule has 0 aliphatic carbocycles. The van der Waals surface area contributed by atoms with Crippen molar-refractivity contribution in [2.75, 3.05) is 46.1 Å². The highest BCUT2D eigenvalue weighted by atomic mass is 16.5. The van der Waals surface area contributed by atoms with Gasteiger partial charge in [-0.1, -0.05) is 13.8 Å². The molecule has 0 aromatic heterocycles. The zero-order chi connectivity index (χ0) is 10.2. The molecule has 1 aliphatic rings. The molecule has 1 aliphatic heterocycles. The maximum Gasteiger partial charge on any atom is 0.0594 e. The Morgan fingerprint density at radius 2 is 1.64 bits per heavy atom. The highest BCUT2D eigenvalue weighted by molar-refractivity contribution is 4.63. The Morgan fingerprint density at radius 1 is 1.07 bits per heavy atom. The predicted octanol–water partition coefficient (Wildman–Crippen LogP) is 1.40. The molecule has 3 heteroatoms. The van der Waals surface area contributed by atoms with Gasteiger partial charge in [0.25, 0.3) is 0 Å². The van der Waals surface area contributed by atoms with Gasteiger partial charge in [0.1, 0.15) is 0 Å². The molecule has 0 bridgehead atoms. The molecule has 3 nitrogen and oxygen atoms in total. The van der Waals surface area contributed by atoms with Gasteiger partial charge >= 0.3 is 0 Å². The van der Waals surface area contributed by atoms with Gasteiger partial charge in [-0.3, -0.25) is 9.80 Å². The van der Waals surface area contributed by atoms with Crippen LogP contribution in [0.4, 0.5) is 0 Å². The summed E-state index contributed by atoms with van der Waals surface area (Å²) in [7, 11) is 0. The van der Waals surface area contributed by atoms with Crippen molar-refractivity contribution in [1.82, 2.24) is 9.80 Å². The molecule has 0 aromatic carbocycles. The van der Waals surface area contributed by atoms with Crippen LogP contribution in [-0.2, 0) is 4.74 Å². The number of morpholine rings is 1. The molecule has 0 radical (unpaired) electrons. The minimum absolute atomic E-state index is 0.909. The molecule has 0 spiro atoms. The van der Waals surface area contributed by atoms with E-state index in [0.717, 1.165) is 33.0 Å². The number of hydrogen-bond acceptors (Lipinski definition) is 3. The Kier molecular flexibility index (Phi) is 6.15. The van der Waals surface area contributed by atoms with Crippen molar-refractivity contribution in [3.05, 3.63) is 0 Å². The Morgan fingerprint density at radius 3 is 2.14 bits per heavy atom. The molecule has 0 amide bonds. The van der Waals surface area contributed by atoms with Crippen LogP contribution in [0.3, 0.4) is 0 Å². The minimum atomic E-state index is 0.909. The van der Waals surface area contributed by atoms with Gasteiger partial charge in [-0.05, 0) is 25.9 Å². The quantitative estimate of drug-likeness (QED) is 0.644. The molecule has 1 rings (SSSR count). The van der Waals surface area contributed by atoms with Gasteiger partial charge in [0.15, 0.2) is 0 Å². The lowest BCUT2D eigenvalue weighted by atomic mass is 10.3. The first kappa shape index (κ1) is 12.0. The van der Waals surface area contributed by atoms with Crippen LogP contribution in [0, 0.1) is 0 Å². The van der Waals surface area contributed by atoms with E-state index >= 15 is 0 Å². The normalized spacial score (nSPS) is 19.1. The number of rotatable bonds is 6. The topological polar surface area (TPSA) is 15.7 Å². The number of hydrogen-bond donors (Lipinski definition) is 0. The van der Waals surface area contributed by atoms with Gasteiger partial charge < -0.3 is 4.74 Å². The zero-order valence-corrected chi connectivity index (χ0v) is 9.67.